The number of carbonyl (C=O) groups is 2. The van der Waals surface area contributed by atoms with Crippen LogP contribution in [-0.2, 0) is 17.8 Å². The van der Waals surface area contributed by atoms with Gasteiger partial charge in [-0.3, -0.25) is 9.59 Å². The van der Waals surface area contributed by atoms with Gasteiger partial charge in [-0.05, 0) is 23.6 Å². The van der Waals surface area contributed by atoms with Crippen molar-refractivity contribution in [3.63, 3.8) is 0 Å². The summed E-state index contributed by atoms with van der Waals surface area (Å²) in [5.74, 6) is -0.631. The molecule has 0 saturated carbocycles. The summed E-state index contributed by atoms with van der Waals surface area (Å²) in [6.45, 7) is 0.103. The second kappa shape index (κ2) is 8.66. The second-order valence-corrected chi connectivity index (χ2v) is 7.27. The molecule has 0 aliphatic heterocycles. The van der Waals surface area contributed by atoms with Crippen LogP contribution < -0.4 is 11.1 Å². The number of para-hydroxylation sites is 1. The number of aromatic nitrogens is 1. The Morgan fingerprint density at radius 1 is 0.867 bits per heavy atom. The van der Waals surface area contributed by atoms with Crippen molar-refractivity contribution in [1.82, 2.24) is 9.88 Å². The van der Waals surface area contributed by atoms with E-state index in [1.165, 1.54) is 0 Å². The van der Waals surface area contributed by atoms with Crippen molar-refractivity contribution >= 4 is 22.7 Å². The van der Waals surface area contributed by atoms with Crippen molar-refractivity contribution in [2.75, 3.05) is 0 Å². The van der Waals surface area contributed by atoms with Crippen LogP contribution in [0.25, 0.3) is 10.9 Å². The van der Waals surface area contributed by atoms with Crippen LogP contribution in [0.3, 0.4) is 0 Å². The third kappa shape index (κ3) is 4.25. The molecule has 0 radical (unpaired) electrons. The van der Waals surface area contributed by atoms with Crippen molar-refractivity contribution in [3.8, 4) is 0 Å². The molecule has 0 aliphatic rings. The molecule has 0 spiro atoms. The number of benzene rings is 3. The fourth-order valence-electron chi connectivity index (χ4n) is 3.76. The van der Waals surface area contributed by atoms with Crippen molar-refractivity contribution in [3.05, 3.63) is 108 Å². The summed E-state index contributed by atoms with van der Waals surface area (Å²) < 4.78 is 1.77. The SMILES string of the molecule is NC(=O)c1cn(CC(=O)N[C@H](Cc2ccccc2)c2ccccc2)c2ccccc12. The number of rotatable bonds is 7. The fraction of sp³-hybridized carbons (Fsp3) is 0.120. The van der Waals surface area contributed by atoms with Gasteiger partial charge in [0.15, 0.2) is 0 Å². The number of nitrogens with zero attached hydrogens (tertiary/aromatic N) is 1. The number of fused-ring (bicyclic) bond motifs is 1. The summed E-state index contributed by atoms with van der Waals surface area (Å²) in [7, 11) is 0. The maximum atomic E-state index is 13.0. The molecular weight excluding hydrogens is 374 g/mol. The van der Waals surface area contributed by atoms with Crippen molar-refractivity contribution < 1.29 is 9.59 Å². The van der Waals surface area contributed by atoms with Gasteiger partial charge in [0.05, 0.1) is 11.6 Å². The highest BCUT2D eigenvalue weighted by atomic mass is 16.2. The minimum atomic E-state index is -0.503. The lowest BCUT2D eigenvalue weighted by Crippen LogP contribution is -2.32. The summed E-state index contributed by atoms with van der Waals surface area (Å²) in [4.78, 5) is 24.7. The molecule has 2 amide bonds. The molecule has 4 aromatic rings. The molecule has 4 rings (SSSR count). The van der Waals surface area contributed by atoms with Crippen LogP contribution in [0.2, 0.25) is 0 Å². The average Bonchev–Trinajstić information content (AvgIpc) is 3.13. The molecule has 1 aromatic heterocycles. The third-order valence-electron chi connectivity index (χ3n) is 5.19. The normalized spacial score (nSPS) is 11.9. The number of carbonyl (C=O) groups excluding carboxylic acids is 2. The summed E-state index contributed by atoms with van der Waals surface area (Å²) in [5, 5.41) is 3.91. The molecule has 0 fully saturated rings. The third-order valence-corrected chi connectivity index (χ3v) is 5.19. The van der Waals surface area contributed by atoms with Crippen LogP contribution in [0, 0.1) is 0 Å². The standard InChI is InChI=1S/C25H23N3O2/c26-25(30)21-16-28(23-14-8-7-13-20(21)23)17-24(29)27-22(19-11-5-2-6-12-19)15-18-9-3-1-4-10-18/h1-14,16,22H,15,17H2,(H2,26,30)(H,27,29)/t22-/m1/s1. The van der Waals surface area contributed by atoms with Gasteiger partial charge in [-0.1, -0.05) is 78.9 Å². The number of nitrogens with one attached hydrogen (secondary N) is 1. The van der Waals surface area contributed by atoms with E-state index in [0.29, 0.717) is 12.0 Å². The fourth-order valence-corrected chi connectivity index (χ4v) is 3.76. The lowest BCUT2D eigenvalue weighted by molar-refractivity contribution is -0.122. The molecule has 1 atom stereocenters. The Balaban J connectivity index is 1.58. The van der Waals surface area contributed by atoms with E-state index in [1.54, 1.807) is 10.8 Å². The predicted molar refractivity (Wildman–Crippen MR) is 118 cm³/mol. The summed E-state index contributed by atoms with van der Waals surface area (Å²) in [6.07, 6.45) is 2.34. The first-order chi connectivity index (χ1) is 14.6. The van der Waals surface area contributed by atoms with Gasteiger partial charge in [-0.2, -0.15) is 0 Å². The zero-order chi connectivity index (χ0) is 20.9. The van der Waals surface area contributed by atoms with Gasteiger partial charge in [-0.15, -0.1) is 0 Å². The Morgan fingerprint density at radius 2 is 1.50 bits per heavy atom. The largest absolute Gasteiger partial charge is 0.366 e. The Hall–Kier alpha value is -3.86. The monoisotopic (exact) mass is 397 g/mol. The molecule has 0 unspecified atom stereocenters. The molecule has 0 bridgehead atoms. The number of hydrogen-bond donors (Lipinski definition) is 2. The van der Waals surface area contributed by atoms with E-state index in [2.05, 4.69) is 17.4 Å². The van der Waals surface area contributed by atoms with Gasteiger partial charge in [0.2, 0.25) is 5.91 Å². The highest BCUT2D eigenvalue weighted by Gasteiger charge is 2.18. The molecule has 150 valence electrons. The van der Waals surface area contributed by atoms with Crippen LogP contribution in [0.5, 0.6) is 0 Å². The van der Waals surface area contributed by atoms with Crippen LogP contribution in [0.1, 0.15) is 27.5 Å². The van der Waals surface area contributed by atoms with Gasteiger partial charge in [-0.25, -0.2) is 0 Å². The van der Waals surface area contributed by atoms with Crippen LogP contribution in [-0.4, -0.2) is 16.4 Å². The van der Waals surface area contributed by atoms with Crippen molar-refractivity contribution in [1.29, 1.82) is 0 Å². The first-order valence-electron chi connectivity index (χ1n) is 9.88. The lowest BCUT2D eigenvalue weighted by atomic mass is 9.99. The zero-order valence-corrected chi connectivity index (χ0v) is 16.5. The summed E-state index contributed by atoms with van der Waals surface area (Å²) >= 11 is 0. The quantitative estimate of drug-likeness (QED) is 0.497. The number of amides is 2. The smallest absolute Gasteiger partial charge is 0.250 e. The van der Waals surface area contributed by atoms with Gasteiger partial charge in [0.25, 0.3) is 5.91 Å². The van der Waals surface area contributed by atoms with E-state index in [0.717, 1.165) is 22.0 Å². The van der Waals surface area contributed by atoms with Gasteiger partial charge in [0.1, 0.15) is 6.54 Å². The zero-order valence-electron chi connectivity index (χ0n) is 16.5. The van der Waals surface area contributed by atoms with Crippen LogP contribution in [0.15, 0.2) is 91.1 Å². The second-order valence-electron chi connectivity index (χ2n) is 7.27. The number of hydrogen-bond acceptors (Lipinski definition) is 2. The summed E-state index contributed by atoms with van der Waals surface area (Å²) in [5.41, 5.74) is 8.93. The molecular formula is C25H23N3O2. The van der Waals surface area contributed by atoms with E-state index >= 15 is 0 Å². The maximum Gasteiger partial charge on any atom is 0.250 e. The molecule has 5 heteroatoms. The maximum absolute atomic E-state index is 13.0. The first kappa shape index (κ1) is 19.5. The molecule has 30 heavy (non-hydrogen) atoms. The molecule has 3 aromatic carbocycles. The Bertz CT molecular complexity index is 1170. The number of primary amides is 1. The number of nitrogens with two attached hydrogens (primary N) is 1. The van der Waals surface area contributed by atoms with Crippen molar-refractivity contribution in [2.24, 2.45) is 5.73 Å². The van der Waals surface area contributed by atoms with E-state index in [-0.39, 0.29) is 18.5 Å². The molecule has 3 N–H and O–H groups in total. The Kier molecular flexibility index (Phi) is 5.61. The molecule has 1 heterocycles. The van der Waals surface area contributed by atoms with Gasteiger partial charge in [0, 0.05) is 17.1 Å². The molecule has 5 nitrogen and oxygen atoms in total. The van der Waals surface area contributed by atoms with Gasteiger partial charge < -0.3 is 15.6 Å². The van der Waals surface area contributed by atoms with Crippen LogP contribution in [0.4, 0.5) is 0 Å². The average molecular weight is 397 g/mol. The van der Waals surface area contributed by atoms with Crippen LogP contribution >= 0.6 is 0 Å². The summed E-state index contributed by atoms with van der Waals surface area (Å²) in [6, 6.07) is 27.3. The first-order valence-corrected chi connectivity index (χ1v) is 9.88. The lowest BCUT2D eigenvalue weighted by Gasteiger charge is -2.20. The minimum absolute atomic E-state index is 0.103. The van der Waals surface area contributed by atoms with E-state index < -0.39 is 5.91 Å². The molecule has 0 saturated heterocycles. The Labute approximate surface area is 175 Å². The van der Waals surface area contributed by atoms with Gasteiger partial charge >= 0.3 is 0 Å². The topological polar surface area (TPSA) is 77.1 Å². The van der Waals surface area contributed by atoms with E-state index in [9.17, 15) is 9.59 Å². The van der Waals surface area contributed by atoms with E-state index in [1.807, 2.05) is 72.8 Å². The van der Waals surface area contributed by atoms with E-state index in [4.69, 9.17) is 5.73 Å². The highest BCUT2D eigenvalue weighted by Crippen LogP contribution is 2.22. The Morgan fingerprint density at radius 3 is 2.20 bits per heavy atom. The minimum Gasteiger partial charge on any atom is -0.366 e. The predicted octanol–water partition coefficient (Wildman–Crippen LogP) is 3.84. The van der Waals surface area contributed by atoms with Crippen molar-refractivity contribution in [2.45, 2.75) is 19.0 Å². The highest BCUT2D eigenvalue weighted by molar-refractivity contribution is 6.06. The molecule has 0 aliphatic carbocycles.